The number of carbonyl (C=O) groups excluding carboxylic acids is 1. The van der Waals surface area contributed by atoms with E-state index in [1.54, 1.807) is 24.4 Å². The zero-order valence-corrected chi connectivity index (χ0v) is 12.1. The fraction of sp³-hybridized carbons (Fsp3) is 0.267. The quantitative estimate of drug-likeness (QED) is 0.636. The van der Waals surface area contributed by atoms with Gasteiger partial charge in [0.1, 0.15) is 5.52 Å². The van der Waals surface area contributed by atoms with E-state index in [1.807, 2.05) is 13.8 Å². The molecule has 2 rings (SSSR count). The van der Waals surface area contributed by atoms with Crippen LogP contribution in [0.1, 0.15) is 19.4 Å². The third-order valence-electron chi connectivity index (χ3n) is 2.52. The summed E-state index contributed by atoms with van der Waals surface area (Å²) in [5.41, 5.74) is 2.06. The van der Waals surface area contributed by atoms with Gasteiger partial charge in [0.05, 0.1) is 25.3 Å². The number of methoxy groups -OCH3 is 2. The van der Waals surface area contributed by atoms with Crippen LogP contribution >= 0.6 is 0 Å². The standard InChI is InChI=1S/C13H12N2O3.C2H6/c1-8(13(16)18-3)9-6-7-14-10-4-5-11(17-2)15-12(9)10;1-2/h4-7H,1H2,2-3H3;1-2H3. The molecule has 2 aromatic heterocycles. The average Bonchev–Trinajstić information content (AvgIpc) is 2.54. The smallest absolute Gasteiger partial charge is 0.337 e. The highest BCUT2D eigenvalue weighted by molar-refractivity contribution is 6.18. The second-order valence-electron chi connectivity index (χ2n) is 3.55. The van der Waals surface area contributed by atoms with E-state index in [4.69, 9.17) is 4.74 Å². The highest BCUT2D eigenvalue weighted by Crippen LogP contribution is 2.23. The monoisotopic (exact) mass is 274 g/mol. The summed E-state index contributed by atoms with van der Waals surface area (Å²) in [5.74, 6) is -0.0402. The van der Waals surface area contributed by atoms with Gasteiger partial charge in [0.15, 0.2) is 0 Å². The molecule has 0 amide bonds. The molecule has 0 aromatic carbocycles. The normalized spacial score (nSPS) is 9.40. The zero-order chi connectivity index (χ0) is 15.1. The number of carbonyl (C=O) groups is 1. The molecule has 0 spiro atoms. The van der Waals surface area contributed by atoms with Gasteiger partial charge in [0, 0.05) is 17.8 Å². The Morgan fingerprint density at radius 3 is 2.50 bits per heavy atom. The molecule has 106 valence electrons. The molecule has 0 aliphatic rings. The number of pyridine rings is 2. The molecule has 0 bridgehead atoms. The molecule has 20 heavy (non-hydrogen) atoms. The maximum Gasteiger partial charge on any atom is 0.337 e. The lowest BCUT2D eigenvalue weighted by atomic mass is 10.1. The molecule has 0 saturated carbocycles. The molecule has 0 N–H and O–H groups in total. The Bertz CT molecular complexity index is 624. The van der Waals surface area contributed by atoms with Crippen LogP contribution in [0.25, 0.3) is 16.6 Å². The number of nitrogens with zero attached hydrogens (tertiary/aromatic N) is 2. The van der Waals surface area contributed by atoms with Crippen LogP contribution in [0.4, 0.5) is 0 Å². The summed E-state index contributed by atoms with van der Waals surface area (Å²) in [6.45, 7) is 7.72. The first-order valence-electron chi connectivity index (χ1n) is 6.24. The van der Waals surface area contributed by atoms with Crippen molar-refractivity contribution in [3.63, 3.8) is 0 Å². The maximum absolute atomic E-state index is 11.5. The minimum Gasteiger partial charge on any atom is -0.481 e. The van der Waals surface area contributed by atoms with Crippen LogP contribution in [-0.4, -0.2) is 30.2 Å². The summed E-state index contributed by atoms with van der Waals surface area (Å²) in [6, 6.07) is 5.16. The van der Waals surface area contributed by atoms with Gasteiger partial charge in [-0.2, -0.15) is 0 Å². The van der Waals surface area contributed by atoms with Gasteiger partial charge in [-0.3, -0.25) is 4.98 Å². The van der Waals surface area contributed by atoms with Crippen molar-refractivity contribution in [1.29, 1.82) is 0 Å². The Hall–Kier alpha value is -2.43. The third kappa shape index (κ3) is 3.12. The molecule has 0 saturated heterocycles. The van der Waals surface area contributed by atoms with Crippen molar-refractivity contribution in [3.05, 3.63) is 36.5 Å². The molecule has 0 unspecified atom stereocenters. The van der Waals surface area contributed by atoms with E-state index < -0.39 is 5.97 Å². The van der Waals surface area contributed by atoms with E-state index in [9.17, 15) is 4.79 Å². The lowest BCUT2D eigenvalue weighted by Gasteiger charge is -2.07. The van der Waals surface area contributed by atoms with Crippen LogP contribution in [0.5, 0.6) is 5.88 Å². The van der Waals surface area contributed by atoms with Crippen molar-refractivity contribution < 1.29 is 14.3 Å². The van der Waals surface area contributed by atoms with Crippen LogP contribution in [0.3, 0.4) is 0 Å². The Labute approximate surface area is 118 Å². The van der Waals surface area contributed by atoms with E-state index in [1.165, 1.54) is 14.2 Å². The Morgan fingerprint density at radius 1 is 1.20 bits per heavy atom. The molecule has 2 heterocycles. The van der Waals surface area contributed by atoms with Gasteiger partial charge in [0.25, 0.3) is 0 Å². The first-order chi connectivity index (χ1) is 9.67. The van der Waals surface area contributed by atoms with Crippen molar-refractivity contribution >= 4 is 22.6 Å². The second kappa shape index (κ2) is 7.23. The van der Waals surface area contributed by atoms with Gasteiger partial charge in [-0.15, -0.1) is 0 Å². The van der Waals surface area contributed by atoms with Crippen molar-refractivity contribution in [2.24, 2.45) is 0 Å². The number of fused-ring (bicyclic) bond motifs is 1. The van der Waals surface area contributed by atoms with Crippen molar-refractivity contribution in [2.45, 2.75) is 13.8 Å². The molecule has 5 nitrogen and oxygen atoms in total. The van der Waals surface area contributed by atoms with Gasteiger partial charge in [-0.25, -0.2) is 9.78 Å². The lowest BCUT2D eigenvalue weighted by molar-refractivity contribution is -0.133. The molecule has 2 aromatic rings. The number of esters is 1. The highest BCUT2D eigenvalue weighted by Gasteiger charge is 2.14. The van der Waals surface area contributed by atoms with E-state index in [2.05, 4.69) is 21.3 Å². The summed E-state index contributed by atoms with van der Waals surface area (Å²) in [7, 11) is 2.84. The summed E-state index contributed by atoms with van der Waals surface area (Å²) in [4.78, 5) is 20.0. The third-order valence-corrected chi connectivity index (χ3v) is 2.52. The minimum absolute atomic E-state index is 0.241. The highest BCUT2D eigenvalue weighted by atomic mass is 16.5. The number of hydrogen-bond donors (Lipinski definition) is 0. The molecule has 5 heteroatoms. The summed E-state index contributed by atoms with van der Waals surface area (Å²) < 4.78 is 9.71. The van der Waals surface area contributed by atoms with Crippen LogP contribution in [0.2, 0.25) is 0 Å². The van der Waals surface area contributed by atoms with Crippen LogP contribution < -0.4 is 4.74 Å². The van der Waals surface area contributed by atoms with E-state index in [-0.39, 0.29) is 5.57 Å². The van der Waals surface area contributed by atoms with Gasteiger partial charge in [-0.1, -0.05) is 20.4 Å². The molecular weight excluding hydrogens is 256 g/mol. The van der Waals surface area contributed by atoms with Gasteiger partial charge < -0.3 is 9.47 Å². The Morgan fingerprint density at radius 2 is 1.90 bits per heavy atom. The first-order valence-corrected chi connectivity index (χ1v) is 6.24. The van der Waals surface area contributed by atoms with Gasteiger partial charge in [0.2, 0.25) is 5.88 Å². The number of aromatic nitrogens is 2. The first kappa shape index (κ1) is 15.6. The predicted octanol–water partition coefficient (Wildman–Crippen LogP) is 2.85. The number of rotatable bonds is 3. The fourth-order valence-corrected chi connectivity index (χ4v) is 1.60. The number of hydrogen-bond acceptors (Lipinski definition) is 5. The van der Waals surface area contributed by atoms with Crippen molar-refractivity contribution in [2.75, 3.05) is 14.2 Å². The second-order valence-corrected chi connectivity index (χ2v) is 3.55. The maximum atomic E-state index is 11.5. The van der Waals surface area contributed by atoms with Crippen LogP contribution in [0, 0.1) is 0 Å². The van der Waals surface area contributed by atoms with E-state index in [0.29, 0.717) is 22.5 Å². The molecular formula is C15H18N2O3. The number of ether oxygens (including phenoxy) is 2. The summed E-state index contributed by atoms with van der Waals surface area (Å²) in [6.07, 6.45) is 1.60. The average molecular weight is 274 g/mol. The predicted molar refractivity (Wildman–Crippen MR) is 78.5 cm³/mol. The molecule has 0 radical (unpaired) electrons. The Kier molecular flexibility index (Phi) is 5.65. The molecule has 0 aliphatic heterocycles. The lowest BCUT2D eigenvalue weighted by Crippen LogP contribution is -2.04. The van der Waals surface area contributed by atoms with Crippen LogP contribution in [-0.2, 0) is 9.53 Å². The van der Waals surface area contributed by atoms with Crippen molar-refractivity contribution in [1.82, 2.24) is 9.97 Å². The minimum atomic E-state index is -0.493. The van der Waals surface area contributed by atoms with Gasteiger partial charge in [-0.05, 0) is 12.1 Å². The van der Waals surface area contributed by atoms with Gasteiger partial charge >= 0.3 is 5.97 Å². The topological polar surface area (TPSA) is 61.3 Å². The van der Waals surface area contributed by atoms with E-state index in [0.717, 1.165) is 0 Å². The summed E-state index contributed by atoms with van der Waals surface area (Å²) >= 11 is 0. The van der Waals surface area contributed by atoms with E-state index >= 15 is 0 Å². The summed E-state index contributed by atoms with van der Waals surface area (Å²) in [5, 5.41) is 0. The molecule has 0 aliphatic carbocycles. The fourth-order valence-electron chi connectivity index (χ4n) is 1.60. The Balaban J connectivity index is 0.000000956. The largest absolute Gasteiger partial charge is 0.481 e. The van der Waals surface area contributed by atoms with Crippen LogP contribution in [0.15, 0.2) is 31.0 Å². The zero-order valence-electron chi connectivity index (χ0n) is 12.1. The SMILES string of the molecule is C=C(C(=O)OC)c1ccnc2ccc(OC)nc12.CC. The molecule has 0 fully saturated rings. The van der Waals surface area contributed by atoms with Crippen molar-refractivity contribution in [3.8, 4) is 5.88 Å². The molecule has 0 atom stereocenters.